The quantitative estimate of drug-likeness (QED) is 0.150. The molecular formula is C42H52N2O4+2. The van der Waals surface area contributed by atoms with E-state index >= 15 is 0 Å². The third-order valence-electron chi connectivity index (χ3n) is 9.79. The number of piperidine rings is 2. The van der Waals surface area contributed by atoms with Crippen molar-refractivity contribution in [2.45, 2.75) is 49.7 Å². The fourth-order valence-electron chi connectivity index (χ4n) is 6.70. The van der Waals surface area contributed by atoms with Crippen molar-refractivity contribution in [2.75, 3.05) is 54.4 Å². The number of carbonyl (C=O) groups excluding carboxylic acids is 2. The van der Waals surface area contributed by atoms with Gasteiger partial charge in [0.2, 0.25) is 0 Å². The highest BCUT2D eigenvalue weighted by Gasteiger charge is 2.33. The Kier molecular flexibility index (Phi) is 11.9. The van der Waals surface area contributed by atoms with Crippen LogP contribution in [0.4, 0.5) is 0 Å². The molecule has 4 aromatic carbocycles. The van der Waals surface area contributed by atoms with Crippen LogP contribution in [0.15, 0.2) is 121 Å². The first-order valence-electron chi connectivity index (χ1n) is 17.3. The average molecular weight is 649 g/mol. The van der Waals surface area contributed by atoms with Gasteiger partial charge in [-0.2, -0.15) is 0 Å². The summed E-state index contributed by atoms with van der Waals surface area (Å²) in [5.41, 5.74) is 3.95. The number of hydrogen-bond acceptors (Lipinski definition) is 4. The van der Waals surface area contributed by atoms with Crippen LogP contribution in [-0.4, -0.2) is 87.5 Å². The molecular weight excluding hydrogens is 596 g/mol. The van der Waals surface area contributed by atoms with Gasteiger partial charge in [0.05, 0.1) is 54.4 Å². The van der Waals surface area contributed by atoms with Crippen molar-refractivity contribution in [1.29, 1.82) is 0 Å². The Morgan fingerprint density at radius 1 is 0.458 bits per heavy atom. The van der Waals surface area contributed by atoms with Crippen molar-refractivity contribution < 1.29 is 28.0 Å². The van der Waals surface area contributed by atoms with Crippen LogP contribution in [0.1, 0.15) is 59.8 Å². The van der Waals surface area contributed by atoms with Crippen LogP contribution in [0.3, 0.4) is 0 Å². The predicted octanol–water partition coefficient (Wildman–Crippen LogP) is 7.20. The number of nitrogens with zero attached hydrogens (tertiary/aromatic N) is 2. The summed E-state index contributed by atoms with van der Waals surface area (Å²) in [6.07, 6.45) is 3.84. The second kappa shape index (κ2) is 16.2. The Labute approximate surface area is 287 Å². The molecule has 252 valence electrons. The zero-order chi connectivity index (χ0) is 34.0. The predicted molar refractivity (Wildman–Crippen MR) is 191 cm³/mol. The van der Waals surface area contributed by atoms with E-state index in [4.69, 9.17) is 9.47 Å². The van der Waals surface area contributed by atoms with Gasteiger partial charge in [-0.15, -0.1) is 0 Å². The van der Waals surface area contributed by atoms with Crippen molar-refractivity contribution in [1.82, 2.24) is 0 Å². The van der Waals surface area contributed by atoms with Crippen LogP contribution in [0.25, 0.3) is 0 Å². The van der Waals surface area contributed by atoms with E-state index in [1.54, 1.807) is 0 Å². The van der Waals surface area contributed by atoms with Crippen LogP contribution in [0.5, 0.6) is 0 Å². The number of hydrogen-bond donors (Lipinski definition) is 0. The molecule has 0 radical (unpaired) electrons. The summed E-state index contributed by atoms with van der Waals surface area (Å²) in [6.45, 7) is 4.22. The van der Waals surface area contributed by atoms with Crippen molar-refractivity contribution in [3.63, 3.8) is 0 Å². The monoisotopic (exact) mass is 648 g/mol. The molecule has 2 fully saturated rings. The number of rotatable bonds is 8. The van der Waals surface area contributed by atoms with E-state index in [2.05, 4.69) is 28.2 Å². The first-order valence-corrected chi connectivity index (χ1v) is 17.3. The molecule has 0 N–H and O–H groups in total. The van der Waals surface area contributed by atoms with Gasteiger partial charge in [0.1, 0.15) is 24.0 Å². The molecule has 0 unspecified atom stereocenters. The maximum atomic E-state index is 12.9. The first kappa shape index (κ1) is 35.1. The lowest BCUT2D eigenvalue weighted by molar-refractivity contribution is -0.896. The number of carbonyl (C=O) groups is 2. The van der Waals surface area contributed by atoms with Crippen LogP contribution < -0.4 is 0 Å². The van der Waals surface area contributed by atoms with E-state index in [9.17, 15) is 9.59 Å². The third-order valence-corrected chi connectivity index (χ3v) is 9.79. The largest absolute Gasteiger partial charge is 0.461 e. The number of esters is 2. The Morgan fingerprint density at radius 3 is 0.917 bits per heavy atom. The fourth-order valence-corrected chi connectivity index (χ4v) is 6.70. The Bertz CT molecular complexity index is 1360. The minimum absolute atomic E-state index is 0.0403. The van der Waals surface area contributed by atoms with Gasteiger partial charge in [-0.25, -0.2) is 0 Å². The SMILES string of the molecule is C[N+]1(C)CCC(OC(=O)C(c2ccccc2)c2ccccc2)CC1.C[N+]1(C)CCC(OC(=O)C(c2ccccc2)c2ccccc2)CC1. The van der Waals surface area contributed by atoms with Crippen molar-refractivity contribution >= 4 is 11.9 Å². The zero-order valence-electron chi connectivity index (χ0n) is 29.0. The van der Waals surface area contributed by atoms with Gasteiger partial charge in [-0.3, -0.25) is 9.59 Å². The molecule has 0 saturated carbocycles. The van der Waals surface area contributed by atoms with E-state index in [1.165, 1.54) is 0 Å². The molecule has 2 aliphatic heterocycles. The third kappa shape index (κ3) is 9.88. The smallest absolute Gasteiger partial charge is 0.318 e. The van der Waals surface area contributed by atoms with Gasteiger partial charge in [0.15, 0.2) is 0 Å². The lowest BCUT2D eigenvalue weighted by atomic mass is 9.91. The molecule has 6 rings (SSSR count). The number of likely N-dealkylation sites (tertiary alicyclic amines) is 2. The zero-order valence-corrected chi connectivity index (χ0v) is 29.0. The molecule has 4 aromatic rings. The molecule has 0 bridgehead atoms. The maximum Gasteiger partial charge on any atom is 0.318 e. The minimum atomic E-state index is -0.350. The highest BCUT2D eigenvalue weighted by molar-refractivity contribution is 5.83. The van der Waals surface area contributed by atoms with E-state index in [-0.39, 0.29) is 36.0 Å². The lowest BCUT2D eigenvalue weighted by Crippen LogP contribution is -2.48. The van der Waals surface area contributed by atoms with Crippen LogP contribution >= 0.6 is 0 Å². The average Bonchev–Trinajstić information content (AvgIpc) is 3.09. The summed E-state index contributed by atoms with van der Waals surface area (Å²) in [6, 6.07) is 39.7. The molecule has 0 amide bonds. The van der Waals surface area contributed by atoms with Crippen molar-refractivity contribution in [3.8, 4) is 0 Å². The van der Waals surface area contributed by atoms with Crippen molar-refractivity contribution in [2.24, 2.45) is 0 Å². The van der Waals surface area contributed by atoms with Gasteiger partial charge >= 0.3 is 11.9 Å². The normalized spacial score (nSPS) is 17.6. The van der Waals surface area contributed by atoms with E-state index < -0.39 is 0 Å². The van der Waals surface area contributed by atoms with E-state index in [1.807, 2.05) is 121 Å². The summed E-state index contributed by atoms with van der Waals surface area (Å²) >= 11 is 0. The summed E-state index contributed by atoms with van der Waals surface area (Å²) in [7, 11) is 8.92. The molecule has 2 aliphatic rings. The molecule has 0 spiro atoms. The molecule has 6 heteroatoms. The molecule has 0 atom stereocenters. The van der Waals surface area contributed by atoms with Gasteiger partial charge in [0, 0.05) is 25.7 Å². The number of benzene rings is 4. The Balaban J connectivity index is 0.000000188. The molecule has 2 heterocycles. The molecule has 6 nitrogen and oxygen atoms in total. The van der Waals surface area contributed by atoms with E-state index in [0.29, 0.717) is 0 Å². The summed E-state index contributed by atoms with van der Waals surface area (Å²) in [4.78, 5) is 25.9. The maximum absolute atomic E-state index is 12.9. The van der Waals surface area contributed by atoms with Crippen LogP contribution in [0.2, 0.25) is 0 Å². The van der Waals surface area contributed by atoms with Crippen LogP contribution in [0, 0.1) is 0 Å². The first-order chi connectivity index (χ1) is 23.1. The highest BCUT2D eigenvalue weighted by Crippen LogP contribution is 2.30. The van der Waals surface area contributed by atoms with Gasteiger partial charge in [-0.05, 0) is 22.3 Å². The Morgan fingerprint density at radius 2 is 0.688 bits per heavy atom. The molecule has 48 heavy (non-hydrogen) atoms. The van der Waals surface area contributed by atoms with Gasteiger partial charge in [0.25, 0.3) is 0 Å². The summed E-state index contributed by atoms with van der Waals surface area (Å²) in [5, 5.41) is 0. The highest BCUT2D eigenvalue weighted by atomic mass is 16.5. The number of quaternary nitrogens is 2. The van der Waals surface area contributed by atoms with Gasteiger partial charge < -0.3 is 18.4 Å². The number of ether oxygens (including phenoxy) is 2. The van der Waals surface area contributed by atoms with Crippen molar-refractivity contribution in [3.05, 3.63) is 144 Å². The summed E-state index contributed by atoms with van der Waals surface area (Å²) < 4.78 is 13.8. The topological polar surface area (TPSA) is 52.6 Å². The summed E-state index contributed by atoms with van der Waals surface area (Å²) in [5.74, 6) is -0.970. The second-order valence-corrected chi connectivity index (χ2v) is 14.5. The van der Waals surface area contributed by atoms with E-state index in [0.717, 1.165) is 83.1 Å². The Hall–Kier alpha value is -4.26. The standard InChI is InChI=1S/2C21H26NO2/c2*1-22(2)15-13-19(14-16-22)24-21(23)20(17-9-5-3-6-10-17)18-11-7-4-8-12-18/h2*3-12,19-20H,13-16H2,1-2H3/q2*+1. The minimum Gasteiger partial charge on any atom is -0.461 e. The lowest BCUT2D eigenvalue weighted by Gasteiger charge is -2.37. The molecule has 2 saturated heterocycles. The second-order valence-electron chi connectivity index (χ2n) is 14.5. The fraction of sp³-hybridized carbons (Fsp3) is 0.381. The molecule has 0 aromatic heterocycles. The van der Waals surface area contributed by atoms with Crippen LogP contribution in [-0.2, 0) is 19.1 Å². The molecule has 0 aliphatic carbocycles. The van der Waals surface area contributed by atoms with Gasteiger partial charge in [-0.1, -0.05) is 121 Å².